The molecule has 1 aliphatic rings. The van der Waals surface area contributed by atoms with Crippen molar-refractivity contribution >= 4 is 11.7 Å². The molecule has 2 heterocycles. The number of hydrogen-bond donors (Lipinski definition) is 3. The minimum absolute atomic E-state index is 0.0169. The van der Waals surface area contributed by atoms with E-state index in [0.717, 1.165) is 17.9 Å². The van der Waals surface area contributed by atoms with Crippen molar-refractivity contribution in [3.63, 3.8) is 0 Å². The summed E-state index contributed by atoms with van der Waals surface area (Å²) in [5.41, 5.74) is 1.10. The van der Waals surface area contributed by atoms with E-state index < -0.39 is 0 Å². The van der Waals surface area contributed by atoms with Gasteiger partial charge in [0.15, 0.2) is 0 Å². The Hall–Kier alpha value is -1.88. The molecule has 2 rings (SSSR count). The largest absolute Gasteiger partial charge is 0.368 e. The van der Waals surface area contributed by atoms with Crippen LogP contribution in [0.3, 0.4) is 0 Å². The normalized spacial score (nSPS) is 17.7. The van der Waals surface area contributed by atoms with Crippen molar-refractivity contribution in [3.8, 4) is 0 Å². The third kappa shape index (κ3) is 3.30. The molecule has 5 heteroatoms. The quantitative estimate of drug-likeness (QED) is 0.521. The average molecular weight is 246 g/mol. The van der Waals surface area contributed by atoms with E-state index in [1.807, 2.05) is 31.2 Å². The smallest absolute Gasteiger partial charge is 0.241 e. The Bertz CT molecular complexity index is 444. The number of nitrogens with zero attached hydrogens (tertiary/aromatic N) is 1. The number of nitrogens with one attached hydrogen (secondary N) is 3. The van der Waals surface area contributed by atoms with Gasteiger partial charge in [-0.1, -0.05) is 18.2 Å². The van der Waals surface area contributed by atoms with Gasteiger partial charge in [-0.3, -0.25) is 10.1 Å². The fourth-order valence-electron chi connectivity index (χ4n) is 1.79. The number of hydrogen-bond acceptors (Lipinski definition) is 4. The predicted molar refractivity (Wildman–Crippen MR) is 71.4 cm³/mol. The summed E-state index contributed by atoms with van der Waals surface area (Å²) in [5, 5.41) is 9.13. The Balaban J connectivity index is 1.68. The molecule has 0 saturated carbocycles. The van der Waals surface area contributed by atoms with E-state index in [-0.39, 0.29) is 11.9 Å². The Kier molecular flexibility index (Phi) is 4.30. The van der Waals surface area contributed by atoms with Gasteiger partial charge in [0.05, 0.1) is 0 Å². The van der Waals surface area contributed by atoms with Crippen LogP contribution in [0.4, 0.5) is 5.82 Å². The zero-order valence-electron chi connectivity index (χ0n) is 10.4. The van der Waals surface area contributed by atoms with Crippen molar-refractivity contribution in [2.45, 2.75) is 13.0 Å². The number of pyridine rings is 1. The summed E-state index contributed by atoms with van der Waals surface area (Å²) in [6, 6.07) is 3.73. The van der Waals surface area contributed by atoms with Crippen molar-refractivity contribution in [2.75, 3.05) is 25.0 Å². The fraction of sp³-hybridized carbons (Fsp3) is 0.385. The number of carbonyl (C=O) groups is 1. The number of aryl methyl sites for hydroxylation is 1. The molecule has 0 radical (unpaired) electrons. The van der Waals surface area contributed by atoms with E-state index in [9.17, 15) is 4.79 Å². The summed E-state index contributed by atoms with van der Waals surface area (Å²) in [6.45, 7) is 4.02. The van der Waals surface area contributed by atoms with Gasteiger partial charge in [-0.05, 0) is 18.6 Å². The third-order valence-corrected chi connectivity index (χ3v) is 2.79. The van der Waals surface area contributed by atoms with Crippen LogP contribution in [0, 0.1) is 6.92 Å². The van der Waals surface area contributed by atoms with Gasteiger partial charge in [-0.25, -0.2) is 4.98 Å². The first-order valence-electron chi connectivity index (χ1n) is 6.10. The Morgan fingerprint density at radius 2 is 2.44 bits per heavy atom. The highest BCUT2D eigenvalue weighted by Gasteiger charge is 2.16. The molecule has 3 N–H and O–H groups in total. The van der Waals surface area contributed by atoms with Gasteiger partial charge in [0, 0.05) is 25.8 Å². The molecule has 5 nitrogen and oxygen atoms in total. The Labute approximate surface area is 107 Å². The lowest BCUT2D eigenvalue weighted by molar-refractivity contribution is -0.121. The van der Waals surface area contributed by atoms with Crippen molar-refractivity contribution in [1.29, 1.82) is 0 Å². The van der Waals surface area contributed by atoms with E-state index in [1.54, 1.807) is 6.20 Å². The van der Waals surface area contributed by atoms with Gasteiger partial charge < -0.3 is 10.6 Å². The SMILES string of the molecule is Cc1cccnc1NCCNC(=O)[C@@H]1C=CCN1. The number of anilines is 1. The maximum Gasteiger partial charge on any atom is 0.241 e. The second-order valence-corrected chi connectivity index (χ2v) is 4.20. The lowest BCUT2D eigenvalue weighted by atomic mass is 10.3. The first-order valence-corrected chi connectivity index (χ1v) is 6.10. The van der Waals surface area contributed by atoms with Crippen LogP contribution < -0.4 is 16.0 Å². The second kappa shape index (κ2) is 6.16. The zero-order chi connectivity index (χ0) is 12.8. The molecule has 1 amide bonds. The number of rotatable bonds is 5. The van der Waals surface area contributed by atoms with Crippen LogP contribution in [0.1, 0.15) is 5.56 Å². The summed E-state index contributed by atoms with van der Waals surface area (Å²) in [5.74, 6) is 0.883. The van der Waals surface area contributed by atoms with Crippen LogP contribution in [0.25, 0.3) is 0 Å². The summed E-state index contributed by atoms with van der Waals surface area (Å²) >= 11 is 0. The molecule has 0 aliphatic carbocycles. The summed E-state index contributed by atoms with van der Waals surface area (Å²) in [4.78, 5) is 15.9. The first-order chi connectivity index (χ1) is 8.77. The van der Waals surface area contributed by atoms with E-state index in [1.165, 1.54) is 0 Å². The molecular weight excluding hydrogens is 228 g/mol. The van der Waals surface area contributed by atoms with Crippen LogP contribution in [-0.4, -0.2) is 36.6 Å². The van der Waals surface area contributed by atoms with Crippen molar-refractivity contribution < 1.29 is 4.79 Å². The molecule has 96 valence electrons. The van der Waals surface area contributed by atoms with E-state index >= 15 is 0 Å². The molecule has 1 atom stereocenters. The highest BCUT2D eigenvalue weighted by atomic mass is 16.2. The standard InChI is InChI=1S/C13H18N4O/c1-10-4-2-7-15-12(10)16-8-9-17-13(18)11-5-3-6-14-11/h2-5,7,11,14H,6,8-9H2,1H3,(H,15,16)(H,17,18)/t11-/m0/s1. The van der Waals surface area contributed by atoms with Crippen LogP contribution in [-0.2, 0) is 4.79 Å². The lowest BCUT2D eigenvalue weighted by Crippen LogP contribution is -2.42. The first kappa shape index (κ1) is 12.6. The van der Waals surface area contributed by atoms with Crippen molar-refractivity contribution in [1.82, 2.24) is 15.6 Å². The molecule has 0 fully saturated rings. The number of amides is 1. The van der Waals surface area contributed by atoms with Crippen molar-refractivity contribution in [3.05, 3.63) is 36.0 Å². The van der Waals surface area contributed by atoms with Gasteiger partial charge >= 0.3 is 0 Å². The number of aromatic nitrogens is 1. The molecule has 0 spiro atoms. The molecule has 0 saturated heterocycles. The molecular formula is C13H18N4O. The lowest BCUT2D eigenvalue weighted by Gasteiger charge is -2.11. The third-order valence-electron chi connectivity index (χ3n) is 2.79. The number of carbonyl (C=O) groups excluding carboxylic acids is 1. The molecule has 1 aromatic heterocycles. The average Bonchev–Trinajstić information content (AvgIpc) is 2.90. The highest BCUT2D eigenvalue weighted by molar-refractivity contribution is 5.84. The monoisotopic (exact) mass is 246 g/mol. The van der Waals surface area contributed by atoms with E-state index in [4.69, 9.17) is 0 Å². The maximum atomic E-state index is 11.7. The van der Waals surface area contributed by atoms with Gasteiger partial charge in [-0.15, -0.1) is 0 Å². The Morgan fingerprint density at radius 1 is 1.56 bits per heavy atom. The van der Waals surface area contributed by atoms with Gasteiger partial charge in [0.1, 0.15) is 11.9 Å². The topological polar surface area (TPSA) is 66.0 Å². The van der Waals surface area contributed by atoms with Gasteiger partial charge in [0.25, 0.3) is 0 Å². The van der Waals surface area contributed by atoms with Crippen LogP contribution in [0.15, 0.2) is 30.5 Å². The molecule has 1 aliphatic heterocycles. The summed E-state index contributed by atoms with van der Waals surface area (Å²) in [6.07, 6.45) is 5.59. The molecule has 18 heavy (non-hydrogen) atoms. The van der Waals surface area contributed by atoms with Crippen molar-refractivity contribution in [2.24, 2.45) is 0 Å². The fourth-order valence-corrected chi connectivity index (χ4v) is 1.79. The molecule has 1 aromatic rings. The Morgan fingerprint density at radius 3 is 3.17 bits per heavy atom. The minimum Gasteiger partial charge on any atom is -0.368 e. The molecule has 0 unspecified atom stereocenters. The predicted octanol–water partition coefficient (Wildman–Crippen LogP) is 0.446. The van der Waals surface area contributed by atoms with E-state index in [0.29, 0.717) is 13.1 Å². The molecule has 0 aromatic carbocycles. The second-order valence-electron chi connectivity index (χ2n) is 4.20. The van der Waals surface area contributed by atoms with Crippen LogP contribution >= 0.6 is 0 Å². The van der Waals surface area contributed by atoms with Crippen LogP contribution in [0.2, 0.25) is 0 Å². The summed E-state index contributed by atoms with van der Waals surface area (Å²) in [7, 11) is 0. The van der Waals surface area contributed by atoms with E-state index in [2.05, 4.69) is 20.9 Å². The van der Waals surface area contributed by atoms with Gasteiger partial charge in [-0.2, -0.15) is 0 Å². The minimum atomic E-state index is -0.179. The summed E-state index contributed by atoms with van der Waals surface area (Å²) < 4.78 is 0. The van der Waals surface area contributed by atoms with Gasteiger partial charge in [0.2, 0.25) is 5.91 Å². The zero-order valence-corrected chi connectivity index (χ0v) is 10.4. The highest BCUT2D eigenvalue weighted by Crippen LogP contribution is 2.07. The maximum absolute atomic E-state index is 11.7. The molecule has 0 bridgehead atoms. The van der Waals surface area contributed by atoms with Crippen LogP contribution in [0.5, 0.6) is 0 Å².